The standard InChI is InChI=1S/C10H15NO3/c1-3-7-14-10(4-2)9(13)8(12)5-6-11-10/h5-6,11H,3-4,7H2,1-2H3. The molecule has 0 saturated carbocycles. The molecule has 0 aromatic rings. The molecule has 1 heterocycles. The van der Waals surface area contributed by atoms with E-state index in [1.165, 1.54) is 12.3 Å². The number of hydrogen-bond donors (Lipinski definition) is 1. The Hall–Kier alpha value is -1.16. The monoisotopic (exact) mass is 197 g/mol. The summed E-state index contributed by atoms with van der Waals surface area (Å²) in [6.07, 6.45) is 3.96. The number of Topliss-reactive ketones (excluding diaryl/α,β-unsaturated/α-hetero) is 1. The summed E-state index contributed by atoms with van der Waals surface area (Å²) < 4.78 is 5.42. The minimum atomic E-state index is -1.12. The SMILES string of the molecule is CCCOC1(CC)NC=CC(=O)C1=O. The third kappa shape index (κ3) is 1.85. The van der Waals surface area contributed by atoms with Gasteiger partial charge in [0, 0.05) is 25.3 Å². The highest BCUT2D eigenvalue weighted by molar-refractivity contribution is 6.44. The van der Waals surface area contributed by atoms with Crippen LogP contribution in [0.5, 0.6) is 0 Å². The number of hydrogen-bond acceptors (Lipinski definition) is 4. The lowest BCUT2D eigenvalue weighted by Gasteiger charge is -2.32. The number of ether oxygens (including phenoxy) is 1. The van der Waals surface area contributed by atoms with Gasteiger partial charge in [0.2, 0.25) is 11.5 Å². The van der Waals surface area contributed by atoms with Crippen molar-refractivity contribution in [1.29, 1.82) is 0 Å². The van der Waals surface area contributed by atoms with Crippen LogP contribution in [0.15, 0.2) is 12.3 Å². The first-order valence-corrected chi connectivity index (χ1v) is 4.83. The molecule has 0 spiro atoms. The third-order valence-electron chi connectivity index (χ3n) is 2.19. The summed E-state index contributed by atoms with van der Waals surface area (Å²) in [6, 6.07) is 0. The van der Waals surface area contributed by atoms with Crippen molar-refractivity contribution >= 4 is 11.6 Å². The number of nitrogens with one attached hydrogen (secondary N) is 1. The van der Waals surface area contributed by atoms with E-state index in [1.807, 2.05) is 13.8 Å². The van der Waals surface area contributed by atoms with E-state index in [0.717, 1.165) is 6.42 Å². The zero-order valence-corrected chi connectivity index (χ0v) is 8.50. The Kier molecular flexibility index (Phi) is 3.41. The van der Waals surface area contributed by atoms with E-state index in [-0.39, 0.29) is 0 Å². The van der Waals surface area contributed by atoms with E-state index in [4.69, 9.17) is 4.74 Å². The van der Waals surface area contributed by atoms with Crippen LogP contribution >= 0.6 is 0 Å². The Morgan fingerprint density at radius 2 is 2.14 bits per heavy atom. The molecule has 0 aliphatic carbocycles. The lowest BCUT2D eigenvalue weighted by Crippen LogP contribution is -2.56. The van der Waals surface area contributed by atoms with Crippen LogP contribution in [-0.4, -0.2) is 23.9 Å². The predicted molar refractivity (Wildman–Crippen MR) is 51.6 cm³/mol. The smallest absolute Gasteiger partial charge is 0.254 e. The Bertz CT molecular complexity index is 273. The Morgan fingerprint density at radius 3 is 2.71 bits per heavy atom. The molecule has 0 aromatic heterocycles. The van der Waals surface area contributed by atoms with Crippen LogP contribution < -0.4 is 5.32 Å². The van der Waals surface area contributed by atoms with E-state index >= 15 is 0 Å². The average molecular weight is 197 g/mol. The molecule has 78 valence electrons. The summed E-state index contributed by atoms with van der Waals surface area (Å²) in [5, 5.41) is 2.82. The van der Waals surface area contributed by atoms with Crippen LogP contribution in [0.25, 0.3) is 0 Å². The molecule has 4 heteroatoms. The summed E-state index contributed by atoms with van der Waals surface area (Å²) in [5.41, 5.74) is -1.12. The van der Waals surface area contributed by atoms with Crippen LogP contribution in [0, 0.1) is 0 Å². The molecule has 0 saturated heterocycles. The first-order chi connectivity index (χ1) is 6.66. The Labute approximate surface area is 83.3 Å². The predicted octanol–water partition coefficient (Wildman–Crippen LogP) is 0.774. The van der Waals surface area contributed by atoms with Crippen LogP contribution in [0.4, 0.5) is 0 Å². The molecular weight excluding hydrogens is 182 g/mol. The number of carbonyl (C=O) groups excluding carboxylic acids is 2. The molecule has 0 aromatic carbocycles. The normalized spacial score (nSPS) is 26.4. The topological polar surface area (TPSA) is 55.4 Å². The maximum Gasteiger partial charge on any atom is 0.254 e. The van der Waals surface area contributed by atoms with Crippen LogP contribution in [0.3, 0.4) is 0 Å². The highest BCUT2D eigenvalue weighted by atomic mass is 16.5. The van der Waals surface area contributed by atoms with Crippen molar-refractivity contribution in [3.63, 3.8) is 0 Å². The van der Waals surface area contributed by atoms with Crippen molar-refractivity contribution in [2.24, 2.45) is 0 Å². The number of rotatable bonds is 4. The minimum Gasteiger partial charge on any atom is -0.357 e. The molecule has 1 atom stereocenters. The molecule has 0 amide bonds. The molecule has 1 unspecified atom stereocenters. The number of carbonyl (C=O) groups is 2. The summed E-state index contributed by atoms with van der Waals surface area (Å²) in [6.45, 7) is 4.23. The third-order valence-corrected chi connectivity index (χ3v) is 2.19. The van der Waals surface area contributed by atoms with E-state index in [2.05, 4.69) is 5.32 Å². The largest absolute Gasteiger partial charge is 0.357 e. The van der Waals surface area contributed by atoms with Crippen molar-refractivity contribution in [1.82, 2.24) is 5.32 Å². The Balaban J connectivity index is 2.82. The first-order valence-electron chi connectivity index (χ1n) is 4.83. The minimum absolute atomic E-state index is 0.446. The van der Waals surface area contributed by atoms with Crippen LogP contribution in [0.1, 0.15) is 26.7 Å². The van der Waals surface area contributed by atoms with Crippen molar-refractivity contribution in [2.75, 3.05) is 6.61 Å². The second kappa shape index (κ2) is 4.37. The summed E-state index contributed by atoms with van der Waals surface area (Å²) in [5.74, 6) is -1.00. The fourth-order valence-corrected chi connectivity index (χ4v) is 1.34. The highest BCUT2D eigenvalue weighted by Crippen LogP contribution is 2.18. The fourth-order valence-electron chi connectivity index (χ4n) is 1.34. The van der Waals surface area contributed by atoms with Crippen molar-refractivity contribution in [3.8, 4) is 0 Å². The summed E-state index contributed by atoms with van der Waals surface area (Å²) in [4.78, 5) is 22.8. The molecule has 0 bridgehead atoms. The van der Waals surface area contributed by atoms with E-state index in [0.29, 0.717) is 13.0 Å². The maximum atomic E-state index is 11.6. The molecule has 4 nitrogen and oxygen atoms in total. The van der Waals surface area contributed by atoms with E-state index in [9.17, 15) is 9.59 Å². The summed E-state index contributed by atoms with van der Waals surface area (Å²) >= 11 is 0. The van der Waals surface area contributed by atoms with Crippen LogP contribution in [-0.2, 0) is 14.3 Å². The first kappa shape index (κ1) is 10.9. The van der Waals surface area contributed by atoms with E-state index < -0.39 is 17.3 Å². The quantitative estimate of drug-likeness (QED) is 0.676. The number of allylic oxidation sites excluding steroid dienone is 1. The van der Waals surface area contributed by atoms with Gasteiger partial charge in [-0.3, -0.25) is 9.59 Å². The molecule has 0 radical (unpaired) electrons. The van der Waals surface area contributed by atoms with Gasteiger partial charge in [0.1, 0.15) is 0 Å². The molecule has 1 rings (SSSR count). The zero-order chi connectivity index (χ0) is 10.6. The van der Waals surface area contributed by atoms with Crippen molar-refractivity contribution < 1.29 is 14.3 Å². The van der Waals surface area contributed by atoms with Gasteiger partial charge in [0.15, 0.2) is 0 Å². The summed E-state index contributed by atoms with van der Waals surface area (Å²) in [7, 11) is 0. The molecule has 1 aliphatic heterocycles. The van der Waals surface area contributed by atoms with Crippen LogP contribution in [0.2, 0.25) is 0 Å². The van der Waals surface area contributed by atoms with Crippen molar-refractivity contribution in [2.45, 2.75) is 32.4 Å². The maximum absolute atomic E-state index is 11.6. The zero-order valence-electron chi connectivity index (χ0n) is 8.50. The van der Waals surface area contributed by atoms with Crippen molar-refractivity contribution in [3.05, 3.63) is 12.3 Å². The molecule has 14 heavy (non-hydrogen) atoms. The number of ketones is 2. The van der Waals surface area contributed by atoms with Gasteiger partial charge in [0.25, 0.3) is 5.78 Å². The molecule has 0 fully saturated rings. The Morgan fingerprint density at radius 1 is 1.43 bits per heavy atom. The average Bonchev–Trinajstić information content (AvgIpc) is 2.21. The molecule has 1 aliphatic rings. The van der Waals surface area contributed by atoms with Gasteiger partial charge >= 0.3 is 0 Å². The van der Waals surface area contributed by atoms with Gasteiger partial charge in [-0.2, -0.15) is 0 Å². The van der Waals surface area contributed by atoms with Gasteiger partial charge in [-0.05, 0) is 6.42 Å². The molecule has 1 N–H and O–H groups in total. The second-order valence-electron chi connectivity index (χ2n) is 3.20. The second-order valence-corrected chi connectivity index (χ2v) is 3.20. The van der Waals surface area contributed by atoms with Gasteiger partial charge in [-0.1, -0.05) is 13.8 Å². The van der Waals surface area contributed by atoms with Gasteiger partial charge in [0.05, 0.1) is 0 Å². The van der Waals surface area contributed by atoms with Gasteiger partial charge in [-0.15, -0.1) is 0 Å². The fraction of sp³-hybridized carbons (Fsp3) is 0.600. The van der Waals surface area contributed by atoms with Gasteiger partial charge in [-0.25, -0.2) is 0 Å². The van der Waals surface area contributed by atoms with E-state index in [1.54, 1.807) is 0 Å². The highest BCUT2D eigenvalue weighted by Gasteiger charge is 2.41. The lowest BCUT2D eigenvalue weighted by atomic mass is 9.99. The molecular formula is C10H15NO3. The lowest BCUT2D eigenvalue weighted by molar-refractivity contribution is -0.156. The van der Waals surface area contributed by atoms with Gasteiger partial charge < -0.3 is 10.1 Å².